The molecule has 172 valence electrons. The largest absolute Gasteiger partial charge is 0.493 e. The van der Waals surface area contributed by atoms with E-state index in [2.05, 4.69) is 52.9 Å². The zero-order valence-corrected chi connectivity index (χ0v) is 22.1. The van der Waals surface area contributed by atoms with Gasteiger partial charge >= 0.3 is 0 Å². The van der Waals surface area contributed by atoms with Gasteiger partial charge in [0.2, 0.25) is 5.91 Å². The van der Waals surface area contributed by atoms with Crippen molar-refractivity contribution in [2.45, 2.75) is 12.0 Å². The number of hydrogen-bond acceptors (Lipinski definition) is 4. The predicted molar refractivity (Wildman–Crippen MR) is 148 cm³/mol. The van der Waals surface area contributed by atoms with Crippen LogP contribution in [0, 0.1) is 3.57 Å². The lowest BCUT2D eigenvalue weighted by Crippen LogP contribution is -2.27. The molecule has 0 aromatic heterocycles. The van der Waals surface area contributed by atoms with Gasteiger partial charge in [-0.1, -0.05) is 54.1 Å². The third kappa shape index (κ3) is 4.59. The van der Waals surface area contributed by atoms with Crippen molar-refractivity contribution in [1.29, 1.82) is 0 Å². The van der Waals surface area contributed by atoms with Gasteiger partial charge < -0.3 is 9.47 Å². The van der Waals surface area contributed by atoms with Crippen LogP contribution in [0.15, 0.2) is 78.9 Å². The fourth-order valence-corrected chi connectivity index (χ4v) is 6.21. The summed E-state index contributed by atoms with van der Waals surface area (Å²) in [4.78, 5) is 14.6. The lowest BCUT2D eigenvalue weighted by Gasteiger charge is -2.25. The number of fused-ring (bicyclic) bond motifs is 1. The number of hydrogen-bond donors (Lipinski definition) is 0. The van der Waals surface area contributed by atoms with E-state index >= 15 is 0 Å². The summed E-state index contributed by atoms with van der Waals surface area (Å²) in [5.41, 5.74) is 2.94. The molecule has 0 N–H and O–H groups in total. The standard InChI is InChI=1S/C27H21ClINO3S/c1-32-24-14-19(27-30(25(31)16-34-27)21-11-9-20(28)10-12-21)13-23(29)26(24)33-15-18-7-4-6-17-5-2-3-8-22(17)18/h2-14,27H,15-16H2,1H3/t27-/m1/s1. The highest BCUT2D eigenvalue weighted by atomic mass is 127. The first-order valence-corrected chi connectivity index (χ1v) is 13.2. The van der Waals surface area contributed by atoms with Gasteiger partial charge in [0.15, 0.2) is 11.5 Å². The maximum absolute atomic E-state index is 12.7. The number of anilines is 1. The second-order valence-corrected chi connectivity index (χ2v) is 10.5. The molecule has 0 spiro atoms. The fraction of sp³-hybridized carbons (Fsp3) is 0.148. The Balaban J connectivity index is 1.44. The van der Waals surface area contributed by atoms with E-state index in [1.165, 1.54) is 10.8 Å². The lowest BCUT2D eigenvalue weighted by molar-refractivity contribution is -0.115. The first kappa shape index (κ1) is 23.3. The minimum Gasteiger partial charge on any atom is -0.493 e. The van der Waals surface area contributed by atoms with Crippen LogP contribution in [-0.4, -0.2) is 18.8 Å². The van der Waals surface area contributed by atoms with E-state index in [4.69, 9.17) is 21.1 Å². The summed E-state index contributed by atoms with van der Waals surface area (Å²) in [6.45, 7) is 0.431. The summed E-state index contributed by atoms with van der Waals surface area (Å²) in [5, 5.41) is 2.85. The smallest absolute Gasteiger partial charge is 0.238 e. The summed E-state index contributed by atoms with van der Waals surface area (Å²) in [6.07, 6.45) is 0. The van der Waals surface area contributed by atoms with E-state index in [-0.39, 0.29) is 11.3 Å². The number of carbonyl (C=O) groups excluding carboxylic acids is 1. The molecule has 1 atom stereocenters. The molecule has 1 aliphatic rings. The van der Waals surface area contributed by atoms with E-state index in [0.29, 0.717) is 28.9 Å². The molecule has 1 amide bonds. The van der Waals surface area contributed by atoms with Crippen LogP contribution in [0.2, 0.25) is 5.02 Å². The second-order valence-electron chi connectivity index (χ2n) is 7.86. The molecule has 0 radical (unpaired) electrons. The van der Waals surface area contributed by atoms with Crippen molar-refractivity contribution in [3.8, 4) is 11.5 Å². The van der Waals surface area contributed by atoms with E-state index in [1.807, 2.05) is 41.3 Å². The number of nitrogens with zero attached hydrogens (tertiary/aromatic N) is 1. The fourth-order valence-electron chi connectivity index (χ4n) is 4.14. The van der Waals surface area contributed by atoms with Crippen molar-refractivity contribution in [2.75, 3.05) is 17.8 Å². The topological polar surface area (TPSA) is 38.8 Å². The summed E-state index contributed by atoms with van der Waals surface area (Å²) in [6, 6.07) is 25.9. The van der Waals surface area contributed by atoms with Crippen molar-refractivity contribution < 1.29 is 14.3 Å². The zero-order valence-electron chi connectivity index (χ0n) is 18.3. The second kappa shape index (κ2) is 10.1. The minimum absolute atomic E-state index is 0.0718. The van der Waals surface area contributed by atoms with Crippen molar-refractivity contribution in [2.24, 2.45) is 0 Å². The zero-order chi connectivity index (χ0) is 23.7. The number of thioether (sulfide) groups is 1. The normalized spacial score (nSPS) is 15.7. The number of benzene rings is 4. The molecule has 7 heteroatoms. The summed E-state index contributed by atoms with van der Waals surface area (Å²) in [5.74, 6) is 1.85. The van der Waals surface area contributed by atoms with Gasteiger partial charge in [-0.05, 0) is 80.9 Å². The van der Waals surface area contributed by atoms with Gasteiger partial charge in [-0.3, -0.25) is 9.69 Å². The number of rotatable bonds is 6. The minimum atomic E-state index is -0.150. The van der Waals surface area contributed by atoms with Crippen LogP contribution >= 0.6 is 46.0 Å². The average molecular weight is 602 g/mol. The Kier molecular flexibility index (Phi) is 6.90. The van der Waals surface area contributed by atoms with E-state index < -0.39 is 0 Å². The van der Waals surface area contributed by atoms with Gasteiger partial charge in [-0.15, -0.1) is 11.8 Å². The Hall–Kier alpha value is -2.42. The van der Waals surface area contributed by atoms with Crippen LogP contribution in [-0.2, 0) is 11.4 Å². The molecule has 1 aliphatic heterocycles. The van der Waals surface area contributed by atoms with Crippen LogP contribution in [0.5, 0.6) is 11.5 Å². The Morgan fingerprint density at radius 1 is 1.06 bits per heavy atom. The lowest BCUT2D eigenvalue weighted by atomic mass is 10.1. The molecule has 0 bridgehead atoms. The maximum atomic E-state index is 12.7. The van der Waals surface area contributed by atoms with Gasteiger partial charge in [0, 0.05) is 10.7 Å². The molecule has 0 unspecified atom stereocenters. The molecule has 0 saturated carbocycles. The average Bonchev–Trinajstić information content (AvgIpc) is 3.24. The van der Waals surface area contributed by atoms with E-state index in [9.17, 15) is 4.79 Å². The molecule has 4 nitrogen and oxygen atoms in total. The monoisotopic (exact) mass is 601 g/mol. The van der Waals surface area contributed by atoms with Crippen LogP contribution in [0.1, 0.15) is 16.5 Å². The van der Waals surface area contributed by atoms with Crippen molar-refractivity contribution in [1.82, 2.24) is 0 Å². The number of ether oxygens (including phenoxy) is 2. The maximum Gasteiger partial charge on any atom is 0.238 e. The van der Waals surface area contributed by atoms with Gasteiger partial charge in [-0.25, -0.2) is 0 Å². The molecular weight excluding hydrogens is 581 g/mol. The van der Waals surface area contributed by atoms with E-state index in [0.717, 1.165) is 20.4 Å². The number of carbonyl (C=O) groups is 1. The molecule has 4 aromatic carbocycles. The molecule has 34 heavy (non-hydrogen) atoms. The van der Waals surface area contributed by atoms with E-state index in [1.54, 1.807) is 31.0 Å². The van der Waals surface area contributed by atoms with Crippen molar-refractivity contribution >= 4 is 68.3 Å². The predicted octanol–water partition coefficient (Wildman–Crippen LogP) is 7.46. The summed E-state index contributed by atoms with van der Waals surface area (Å²) >= 11 is 9.93. The molecule has 4 aromatic rings. The number of methoxy groups -OCH3 is 1. The number of amides is 1. The highest BCUT2D eigenvalue weighted by Crippen LogP contribution is 2.45. The molecule has 5 rings (SSSR count). The SMILES string of the molecule is COc1cc([C@H]2SCC(=O)N2c2ccc(Cl)cc2)cc(I)c1OCc1cccc2ccccc12. The van der Waals surface area contributed by atoms with Gasteiger partial charge in [0.05, 0.1) is 16.4 Å². The van der Waals surface area contributed by atoms with Crippen molar-refractivity contribution in [3.63, 3.8) is 0 Å². The highest BCUT2D eigenvalue weighted by molar-refractivity contribution is 14.1. The molecule has 0 aliphatic carbocycles. The Morgan fingerprint density at radius 3 is 2.62 bits per heavy atom. The quantitative estimate of drug-likeness (QED) is 0.215. The number of halogens is 2. The van der Waals surface area contributed by atoms with Crippen molar-refractivity contribution in [3.05, 3.63) is 98.6 Å². The third-order valence-electron chi connectivity index (χ3n) is 5.76. The molecular formula is C27H21ClINO3S. The van der Waals surface area contributed by atoms with Crippen LogP contribution in [0.25, 0.3) is 10.8 Å². The van der Waals surface area contributed by atoms with Crippen LogP contribution in [0.4, 0.5) is 5.69 Å². The summed E-state index contributed by atoms with van der Waals surface area (Å²) in [7, 11) is 1.64. The highest BCUT2D eigenvalue weighted by Gasteiger charge is 2.35. The van der Waals surface area contributed by atoms with Gasteiger partial charge in [0.25, 0.3) is 0 Å². The Labute approximate surface area is 221 Å². The van der Waals surface area contributed by atoms with Gasteiger partial charge in [-0.2, -0.15) is 0 Å². The molecule has 1 heterocycles. The Bertz CT molecular complexity index is 1360. The first-order chi connectivity index (χ1) is 16.5. The van der Waals surface area contributed by atoms with Gasteiger partial charge in [0.1, 0.15) is 12.0 Å². The third-order valence-corrected chi connectivity index (χ3v) is 8.03. The first-order valence-electron chi connectivity index (χ1n) is 10.7. The van der Waals surface area contributed by atoms with Crippen LogP contribution < -0.4 is 14.4 Å². The Morgan fingerprint density at radius 2 is 1.82 bits per heavy atom. The summed E-state index contributed by atoms with van der Waals surface area (Å²) < 4.78 is 12.9. The molecule has 1 fully saturated rings. The molecule has 1 saturated heterocycles. The van der Waals surface area contributed by atoms with Crippen LogP contribution in [0.3, 0.4) is 0 Å².